The average molecular weight is 554 g/mol. The van der Waals surface area contributed by atoms with Gasteiger partial charge in [0.1, 0.15) is 10.2 Å². The summed E-state index contributed by atoms with van der Waals surface area (Å²) in [7, 11) is 0. The van der Waals surface area contributed by atoms with Crippen molar-refractivity contribution in [2.24, 2.45) is 5.92 Å². The van der Waals surface area contributed by atoms with E-state index in [1.54, 1.807) is 35.2 Å². The third-order valence-electron chi connectivity index (χ3n) is 7.74. The first-order valence-electron chi connectivity index (χ1n) is 12.1. The lowest BCUT2D eigenvalue weighted by Gasteiger charge is -2.53. The molecule has 2 fully saturated rings. The van der Waals surface area contributed by atoms with Crippen molar-refractivity contribution in [3.8, 4) is 0 Å². The number of carbonyl (C=O) groups excluding carboxylic acids is 2. The number of hydrogen-bond donors (Lipinski definition) is 0. The molecule has 2 aliphatic heterocycles. The molecular formula is C25H27BrF3N3O3. The Bertz CT molecular complexity index is 1120. The molecule has 10 heteroatoms. The first kappa shape index (κ1) is 24.3. The van der Waals surface area contributed by atoms with Crippen LogP contribution in [0.2, 0.25) is 0 Å². The minimum Gasteiger partial charge on any atom is -0.447 e. The fourth-order valence-electron chi connectivity index (χ4n) is 6.20. The molecule has 1 aromatic carbocycles. The molecule has 35 heavy (non-hydrogen) atoms. The summed E-state index contributed by atoms with van der Waals surface area (Å²) in [4.78, 5) is 32.2. The SMILES string of the molecule is O=C(c1nc(Br)c2n1CCCC2)N1CCC(OC(=O)C(F)(F)F)(c2ccccc2)C2CCCCC21. The second-order valence-corrected chi connectivity index (χ2v) is 10.4. The Hall–Kier alpha value is -2.36. The Kier molecular flexibility index (Phi) is 6.44. The van der Waals surface area contributed by atoms with E-state index in [-0.39, 0.29) is 24.9 Å². The van der Waals surface area contributed by atoms with E-state index in [0.29, 0.717) is 35.4 Å². The van der Waals surface area contributed by atoms with E-state index in [0.717, 1.165) is 37.8 Å². The Labute approximate surface area is 210 Å². The van der Waals surface area contributed by atoms with Gasteiger partial charge >= 0.3 is 12.1 Å². The van der Waals surface area contributed by atoms with Crippen molar-refractivity contribution in [1.82, 2.24) is 14.5 Å². The normalized spacial score (nSPS) is 26.6. The Morgan fingerprint density at radius 2 is 1.80 bits per heavy atom. The van der Waals surface area contributed by atoms with Crippen molar-refractivity contribution in [1.29, 1.82) is 0 Å². The number of benzene rings is 1. The number of alkyl halides is 3. The second-order valence-electron chi connectivity index (χ2n) is 9.63. The molecule has 3 heterocycles. The van der Waals surface area contributed by atoms with Gasteiger partial charge in [0.25, 0.3) is 5.91 Å². The largest absolute Gasteiger partial charge is 0.490 e. The fourth-order valence-corrected chi connectivity index (χ4v) is 6.78. The van der Waals surface area contributed by atoms with Crippen molar-refractivity contribution in [2.45, 2.75) is 75.7 Å². The van der Waals surface area contributed by atoms with E-state index in [1.807, 2.05) is 4.57 Å². The summed E-state index contributed by atoms with van der Waals surface area (Å²) in [5, 5.41) is 0. The highest BCUT2D eigenvalue weighted by Crippen LogP contribution is 2.50. The Morgan fingerprint density at radius 3 is 2.54 bits per heavy atom. The molecule has 0 bridgehead atoms. The standard InChI is InChI=1S/C25H27BrF3N3O3/c26-20-19-12-6-7-14-31(19)21(30-20)22(33)32-15-13-24(16-8-2-1-3-9-16,35-23(34)25(27,28)29)17-10-4-5-11-18(17)32/h1-3,8-9,17-18H,4-7,10-15H2. The first-order chi connectivity index (χ1) is 16.7. The fraction of sp³-hybridized carbons (Fsp3) is 0.560. The van der Waals surface area contributed by atoms with Gasteiger partial charge in [0, 0.05) is 31.5 Å². The summed E-state index contributed by atoms with van der Waals surface area (Å²) in [6.45, 7) is 0.897. The maximum absolute atomic E-state index is 13.8. The highest BCUT2D eigenvalue weighted by atomic mass is 79.9. The molecule has 1 saturated carbocycles. The van der Waals surface area contributed by atoms with Gasteiger partial charge in [0.2, 0.25) is 5.82 Å². The number of hydrogen-bond acceptors (Lipinski definition) is 4. The maximum atomic E-state index is 13.8. The van der Waals surface area contributed by atoms with E-state index in [9.17, 15) is 22.8 Å². The summed E-state index contributed by atoms with van der Waals surface area (Å²) in [5.41, 5.74) is 0.111. The van der Waals surface area contributed by atoms with E-state index in [4.69, 9.17) is 4.74 Å². The number of ether oxygens (including phenoxy) is 1. The lowest BCUT2D eigenvalue weighted by molar-refractivity contribution is -0.229. The molecule has 1 aromatic heterocycles. The second kappa shape index (κ2) is 9.26. The van der Waals surface area contributed by atoms with Gasteiger partial charge in [-0.25, -0.2) is 9.78 Å². The molecule has 1 saturated heterocycles. The van der Waals surface area contributed by atoms with Crippen LogP contribution in [0.4, 0.5) is 13.2 Å². The van der Waals surface area contributed by atoms with Gasteiger partial charge in [-0.2, -0.15) is 13.2 Å². The predicted molar refractivity (Wildman–Crippen MR) is 125 cm³/mol. The molecule has 6 nitrogen and oxygen atoms in total. The van der Waals surface area contributed by atoms with Gasteiger partial charge in [-0.05, 0) is 53.6 Å². The molecule has 188 valence electrons. The third kappa shape index (κ3) is 4.27. The van der Waals surface area contributed by atoms with Crippen molar-refractivity contribution in [2.75, 3.05) is 6.54 Å². The smallest absolute Gasteiger partial charge is 0.447 e. The van der Waals surface area contributed by atoms with Crippen molar-refractivity contribution < 1.29 is 27.5 Å². The lowest BCUT2D eigenvalue weighted by atomic mass is 9.66. The van der Waals surface area contributed by atoms with Crippen molar-refractivity contribution in [3.63, 3.8) is 0 Å². The Balaban J connectivity index is 1.52. The van der Waals surface area contributed by atoms with Crippen LogP contribution < -0.4 is 0 Å². The van der Waals surface area contributed by atoms with Crippen LogP contribution in [0.5, 0.6) is 0 Å². The van der Waals surface area contributed by atoms with Crippen molar-refractivity contribution >= 4 is 27.8 Å². The molecule has 0 spiro atoms. The number of imidazole rings is 1. The zero-order valence-electron chi connectivity index (χ0n) is 19.2. The summed E-state index contributed by atoms with van der Waals surface area (Å²) < 4.78 is 48.1. The molecule has 3 atom stereocenters. The van der Waals surface area contributed by atoms with E-state index < -0.39 is 23.7 Å². The van der Waals surface area contributed by atoms with Gasteiger partial charge in [-0.1, -0.05) is 43.2 Å². The van der Waals surface area contributed by atoms with E-state index >= 15 is 0 Å². The first-order valence-corrected chi connectivity index (χ1v) is 12.9. The number of nitrogens with zero attached hydrogens (tertiary/aromatic N) is 3. The van der Waals surface area contributed by atoms with Crippen LogP contribution in [0.1, 0.15) is 66.8 Å². The number of halogens is 4. The maximum Gasteiger partial charge on any atom is 0.490 e. The highest BCUT2D eigenvalue weighted by Gasteiger charge is 2.57. The molecule has 5 rings (SSSR count). The topological polar surface area (TPSA) is 64.4 Å². The summed E-state index contributed by atoms with van der Waals surface area (Å²) in [6.07, 6.45) is 0.709. The van der Waals surface area contributed by atoms with Crippen LogP contribution in [-0.2, 0) is 28.1 Å². The summed E-state index contributed by atoms with van der Waals surface area (Å²) in [6, 6.07) is 8.34. The summed E-state index contributed by atoms with van der Waals surface area (Å²) >= 11 is 3.49. The zero-order chi connectivity index (χ0) is 24.8. The van der Waals surface area contributed by atoms with Crippen LogP contribution in [0.15, 0.2) is 34.9 Å². The number of fused-ring (bicyclic) bond motifs is 2. The average Bonchev–Trinajstić information content (AvgIpc) is 3.20. The predicted octanol–water partition coefficient (Wildman–Crippen LogP) is 5.39. The monoisotopic (exact) mass is 553 g/mol. The zero-order valence-corrected chi connectivity index (χ0v) is 20.8. The van der Waals surface area contributed by atoms with Gasteiger partial charge in [-0.15, -0.1) is 0 Å². The number of likely N-dealkylation sites (tertiary alicyclic amines) is 1. The van der Waals surface area contributed by atoms with Crippen molar-refractivity contribution in [3.05, 3.63) is 52.0 Å². The molecule has 2 aromatic rings. The lowest BCUT2D eigenvalue weighted by Crippen LogP contribution is -2.61. The van der Waals surface area contributed by atoms with Crippen LogP contribution in [0.25, 0.3) is 0 Å². The number of aromatic nitrogens is 2. The summed E-state index contributed by atoms with van der Waals surface area (Å²) in [5.74, 6) is -2.46. The molecule has 1 amide bonds. The van der Waals surface area contributed by atoms with Gasteiger partial charge < -0.3 is 14.2 Å². The van der Waals surface area contributed by atoms with Crippen LogP contribution >= 0.6 is 15.9 Å². The number of esters is 1. The van der Waals surface area contributed by atoms with Crippen LogP contribution in [0.3, 0.4) is 0 Å². The van der Waals surface area contributed by atoms with Gasteiger partial charge in [0.05, 0.1) is 5.69 Å². The Morgan fingerprint density at radius 1 is 1.06 bits per heavy atom. The molecular weight excluding hydrogens is 527 g/mol. The van der Waals surface area contributed by atoms with E-state index in [1.165, 1.54) is 0 Å². The minimum atomic E-state index is -5.10. The number of carbonyl (C=O) groups is 2. The molecule has 0 radical (unpaired) electrons. The van der Waals surface area contributed by atoms with Gasteiger partial charge in [0.15, 0.2) is 0 Å². The quantitative estimate of drug-likeness (QED) is 0.478. The van der Waals surface area contributed by atoms with E-state index in [2.05, 4.69) is 20.9 Å². The molecule has 3 unspecified atom stereocenters. The number of amides is 1. The molecule has 0 N–H and O–H groups in total. The molecule has 3 aliphatic rings. The third-order valence-corrected chi connectivity index (χ3v) is 8.38. The van der Waals surface area contributed by atoms with Crippen LogP contribution in [-0.4, -0.2) is 45.1 Å². The number of rotatable bonds is 3. The number of piperidine rings is 1. The van der Waals surface area contributed by atoms with Gasteiger partial charge in [-0.3, -0.25) is 4.79 Å². The molecule has 1 aliphatic carbocycles. The van der Waals surface area contributed by atoms with Crippen LogP contribution in [0, 0.1) is 5.92 Å². The minimum absolute atomic E-state index is 0.0977. The highest BCUT2D eigenvalue weighted by molar-refractivity contribution is 9.10.